The van der Waals surface area contributed by atoms with Crippen molar-refractivity contribution >= 4 is 11.7 Å². The van der Waals surface area contributed by atoms with Gasteiger partial charge in [0.15, 0.2) is 5.75 Å². The first-order valence-electron chi connectivity index (χ1n) is 5.63. The van der Waals surface area contributed by atoms with Crippen LogP contribution in [-0.4, -0.2) is 17.5 Å². The first kappa shape index (κ1) is 14.9. The van der Waals surface area contributed by atoms with Crippen molar-refractivity contribution in [1.82, 2.24) is 5.59 Å². The van der Waals surface area contributed by atoms with Crippen LogP contribution in [0.1, 0.15) is 18.9 Å². The van der Waals surface area contributed by atoms with E-state index < -0.39 is 10.9 Å². The van der Waals surface area contributed by atoms with E-state index in [9.17, 15) is 14.9 Å². The highest BCUT2D eigenvalue weighted by Crippen LogP contribution is 2.28. The quantitative estimate of drug-likeness (QED) is 0.428. The van der Waals surface area contributed by atoms with Gasteiger partial charge in [0.2, 0.25) is 0 Å². The van der Waals surface area contributed by atoms with Crippen LogP contribution in [0, 0.1) is 10.1 Å². The molecule has 8 heteroatoms. The van der Waals surface area contributed by atoms with E-state index >= 15 is 0 Å². The summed E-state index contributed by atoms with van der Waals surface area (Å²) in [6.45, 7) is 1.86. The number of nitrogens with one attached hydrogen (secondary N) is 1. The van der Waals surface area contributed by atoms with Gasteiger partial charge in [-0.05, 0) is 18.1 Å². The molecule has 0 aliphatic carbocycles. The third kappa shape index (κ3) is 4.53. The van der Waals surface area contributed by atoms with E-state index in [1.165, 1.54) is 12.1 Å². The highest BCUT2D eigenvalue weighted by atomic mass is 16.7. The molecule has 0 radical (unpaired) electrons. The van der Waals surface area contributed by atoms with E-state index in [1.807, 2.05) is 6.92 Å². The Morgan fingerprint density at radius 3 is 2.84 bits per heavy atom. The molecule has 0 fully saturated rings. The lowest BCUT2D eigenvalue weighted by Crippen LogP contribution is -2.27. The molecular formula is C11H15N3O5. The first-order valence-corrected chi connectivity index (χ1v) is 5.63. The average Bonchev–Trinajstić information content (AvgIpc) is 2.39. The van der Waals surface area contributed by atoms with E-state index in [1.54, 1.807) is 11.7 Å². The minimum atomic E-state index is -0.615. The van der Waals surface area contributed by atoms with Crippen LogP contribution in [0.3, 0.4) is 0 Å². The molecule has 0 saturated carbocycles. The summed E-state index contributed by atoms with van der Waals surface area (Å²) in [7, 11) is 0. The van der Waals surface area contributed by atoms with Crippen LogP contribution in [0.4, 0.5) is 5.69 Å². The van der Waals surface area contributed by atoms with E-state index in [-0.39, 0.29) is 24.5 Å². The molecule has 0 unspecified atom stereocenters. The van der Waals surface area contributed by atoms with Gasteiger partial charge in [-0.3, -0.25) is 14.9 Å². The number of carbonyl (C=O) groups is 1. The van der Waals surface area contributed by atoms with Crippen LogP contribution in [0.2, 0.25) is 0 Å². The maximum absolute atomic E-state index is 11.0. The summed E-state index contributed by atoms with van der Waals surface area (Å²) < 4.78 is 5.20. The van der Waals surface area contributed by atoms with Crippen molar-refractivity contribution in [3.05, 3.63) is 33.9 Å². The van der Waals surface area contributed by atoms with Crippen molar-refractivity contribution in [2.45, 2.75) is 19.8 Å². The Kier molecular flexibility index (Phi) is 5.71. The summed E-state index contributed by atoms with van der Waals surface area (Å²) in [5.41, 5.74) is 2.47. The largest absolute Gasteiger partial charge is 0.486 e. The molecule has 0 spiro atoms. The van der Waals surface area contributed by atoms with Gasteiger partial charge in [0.05, 0.1) is 18.0 Å². The van der Waals surface area contributed by atoms with Gasteiger partial charge in [0, 0.05) is 6.07 Å². The minimum Gasteiger partial charge on any atom is -0.486 e. The molecule has 0 aromatic heterocycles. The van der Waals surface area contributed by atoms with Crippen molar-refractivity contribution in [2.75, 3.05) is 6.61 Å². The second-order valence-electron chi connectivity index (χ2n) is 3.60. The van der Waals surface area contributed by atoms with Gasteiger partial charge in [-0.25, -0.2) is 5.84 Å². The molecule has 0 aliphatic rings. The standard InChI is InChI=1S/C11H15N3O5/c1-2-8-3-4-10(9(7-8)14(16)17)18-6-5-11(15)19-13-12/h3-4,7,13H,2,5-6,12H2,1H3. The van der Waals surface area contributed by atoms with Crippen molar-refractivity contribution in [2.24, 2.45) is 5.84 Å². The SMILES string of the molecule is CCc1ccc(OCCC(=O)ONN)c([N+](=O)[O-])c1. The molecule has 104 valence electrons. The number of nitrogens with two attached hydrogens (primary N) is 1. The lowest BCUT2D eigenvalue weighted by molar-refractivity contribution is -0.385. The number of hydrazine groups is 1. The summed E-state index contributed by atoms with van der Waals surface area (Å²) in [6.07, 6.45) is 0.618. The number of hydrogen-bond donors (Lipinski definition) is 2. The molecule has 0 amide bonds. The fourth-order valence-corrected chi connectivity index (χ4v) is 1.41. The molecule has 3 N–H and O–H groups in total. The summed E-state index contributed by atoms with van der Waals surface area (Å²) in [5.74, 6) is 4.29. The van der Waals surface area contributed by atoms with Gasteiger partial charge in [-0.15, -0.1) is 0 Å². The Labute approximate surface area is 109 Å². The van der Waals surface area contributed by atoms with Gasteiger partial charge < -0.3 is 9.57 Å². The number of nitro benzene ring substituents is 1. The van der Waals surface area contributed by atoms with Crippen LogP contribution in [0.25, 0.3) is 0 Å². The van der Waals surface area contributed by atoms with Crippen LogP contribution >= 0.6 is 0 Å². The predicted molar refractivity (Wildman–Crippen MR) is 66.0 cm³/mol. The fourth-order valence-electron chi connectivity index (χ4n) is 1.41. The highest BCUT2D eigenvalue weighted by Gasteiger charge is 2.16. The summed E-state index contributed by atoms with van der Waals surface area (Å²) >= 11 is 0. The Bertz CT molecular complexity index is 464. The Morgan fingerprint density at radius 2 is 2.26 bits per heavy atom. The van der Waals surface area contributed by atoms with E-state index in [4.69, 9.17) is 10.6 Å². The average molecular weight is 269 g/mol. The van der Waals surface area contributed by atoms with E-state index in [0.717, 1.165) is 5.56 Å². The summed E-state index contributed by atoms with van der Waals surface area (Å²) in [4.78, 5) is 25.6. The molecule has 1 aromatic carbocycles. The topological polar surface area (TPSA) is 117 Å². The van der Waals surface area contributed by atoms with Crippen LogP contribution < -0.4 is 16.2 Å². The van der Waals surface area contributed by atoms with Gasteiger partial charge >= 0.3 is 11.7 Å². The third-order valence-electron chi connectivity index (χ3n) is 2.36. The summed E-state index contributed by atoms with van der Waals surface area (Å²) in [5, 5.41) is 10.9. The van der Waals surface area contributed by atoms with Crippen molar-refractivity contribution in [3.63, 3.8) is 0 Å². The van der Waals surface area contributed by atoms with Gasteiger partial charge in [-0.2, -0.15) is 0 Å². The van der Waals surface area contributed by atoms with Crippen molar-refractivity contribution < 1.29 is 19.3 Å². The third-order valence-corrected chi connectivity index (χ3v) is 2.36. The Morgan fingerprint density at radius 1 is 1.53 bits per heavy atom. The van der Waals surface area contributed by atoms with E-state index in [0.29, 0.717) is 6.42 Å². The lowest BCUT2D eigenvalue weighted by atomic mass is 10.1. The van der Waals surface area contributed by atoms with Crippen LogP contribution in [-0.2, 0) is 16.1 Å². The number of nitro groups is 1. The number of nitrogens with zero attached hydrogens (tertiary/aromatic N) is 1. The fraction of sp³-hybridized carbons (Fsp3) is 0.364. The molecule has 0 saturated heterocycles. The number of benzene rings is 1. The predicted octanol–water partition coefficient (Wildman–Crippen LogP) is 0.848. The molecule has 0 bridgehead atoms. The zero-order valence-electron chi connectivity index (χ0n) is 10.4. The van der Waals surface area contributed by atoms with Gasteiger partial charge in [0.25, 0.3) is 0 Å². The number of carbonyl (C=O) groups excluding carboxylic acids is 1. The van der Waals surface area contributed by atoms with Gasteiger partial charge in [-0.1, -0.05) is 18.6 Å². The second-order valence-corrected chi connectivity index (χ2v) is 3.60. The normalized spacial score (nSPS) is 10.0. The van der Waals surface area contributed by atoms with Crippen LogP contribution in [0.15, 0.2) is 18.2 Å². The lowest BCUT2D eigenvalue weighted by Gasteiger charge is -2.07. The minimum absolute atomic E-state index is 0.0349. The van der Waals surface area contributed by atoms with Crippen molar-refractivity contribution in [3.8, 4) is 5.75 Å². The molecule has 0 atom stereocenters. The molecular weight excluding hydrogens is 254 g/mol. The van der Waals surface area contributed by atoms with E-state index in [2.05, 4.69) is 4.84 Å². The molecule has 19 heavy (non-hydrogen) atoms. The zero-order valence-corrected chi connectivity index (χ0v) is 10.4. The van der Waals surface area contributed by atoms with Crippen molar-refractivity contribution in [1.29, 1.82) is 0 Å². The number of ether oxygens (including phenoxy) is 1. The Balaban J connectivity index is 2.67. The zero-order chi connectivity index (χ0) is 14.3. The number of rotatable bonds is 7. The monoisotopic (exact) mass is 269 g/mol. The Hall–Kier alpha value is -2.19. The first-order chi connectivity index (χ1) is 9.08. The number of hydrogen-bond acceptors (Lipinski definition) is 7. The molecule has 8 nitrogen and oxygen atoms in total. The molecule has 0 heterocycles. The van der Waals surface area contributed by atoms with Gasteiger partial charge in [0.1, 0.15) is 0 Å². The molecule has 0 aliphatic heterocycles. The second kappa shape index (κ2) is 7.29. The molecule has 1 aromatic rings. The summed E-state index contributed by atoms with van der Waals surface area (Å²) in [6, 6.07) is 4.71. The van der Waals surface area contributed by atoms with Crippen LogP contribution in [0.5, 0.6) is 5.75 Å². The highest BCUT2D eigenvalue weighted by molar-refractivity contribution is 5.69. The smallest absolute Gasteiger partial charge is 0.329 e. The maximum Gasteiger partial charge on any atom is 0.329 e. The molecule has 1 rings (SSSR count). The maximum atomic E-state index is 11.0. The number of aryl methyl sites for hydroxylation is 1.